The molecule has 0 aliphatic heterocycles. The van der Waals surface area contributed by atoms with Crippen LogP contribution in [0.25, 0.3) is 0 Å². The van der Waals surface area contributed by atoms with Gasteiger partial charge in [-0.25, -0.2) is 4.39 Å². The fourth-order valence-electron chi connectivity index (χ4n) is 1.16. The zero-order chi connectivity index (χ0) is 12.7. The predicted molar refractivity (Wildman–Crippen MR) is 60.1 cm³/mol. The van der Waals surface area contributed by atoms with Crippen molar-refractivity contribution in [2.75, 3.05) is 6.54 Å². The lowest BCUT2D eigenvalue weighted by Gasteiger charge is -2.05. The highest BCUT2D eigenvalue weighted by Gasteiger charge is 2.03. The molecule has 0 aromatic heterocycles. The van der Waals surface area contributed by atoms with Crippen molar-refractivity contribution in [1.29, 1.82) is 0 Å². The van der Waals surface area contributed by atoms with Crippen molar-refractivity contribution in [3.8, 4) is 0 Å². The maximum Gasteiger partial charge on any atom is 0.252 e. The molecule has 0 aliphatic carbocycles. The average Bonchev–Trinajstić information content (AvgIpc) is 2.35. The third-order valence-corrected chi connectivity index (χ3v) is 2.08. The summed E-state index contributed by atoms with van der Waals surface area (Å²) in [6, 6.07) is 5.90. The Kier molecular flexibility index (Phi) is 5.09. The minimum atomic E-state index is -0.458. The summed E-state index contributed by atoms with van der Waals surface area (Å²) in [5.74, 6) is -1.09. The number of benzene rings is 1. The van der Waals surface area contributed by atoms with Crippen molar-refractivity contribution >= 4 is 11.8 Å². The number of hydrogen-bond donors (Lipinski definition) is 3. The van der Waals surface area contributed by atoms with Gasteiger partial charge in [-0.3, -0.25) is 20.4 Å². The maximum atomic E-state index is 12.6. The molecule has 0 unspecified atom stereocenters. The van der Waals surface area contributed by atoms with Gasteiger partial charge in [0.2, 0.25) is 5.91 Å². The van der Waals surface area contributed by atoms with Gasteiger partial charge in [0, 0.05) is 6.42 Å². The Morgan fingerprint density at radius 3 is 2.29 bits per heavy atom. The molecule has 1 aromatic rings. The van der Waals surface area contributed by atoms with Gasteiger partial charge >= 0.3 is 0 Å². The van der Waals surface area contributed by atoms with Crippen LogP contribution in [0, 0.1) is 5.82 Å². The number of carbonyl (C=O) groups is 2. The molecular weight excluding hydrogens is 225 g/mol. The number of hydrogen-bond acceptors (Lipinski definition) is 3. The number of aryl methyl sites for hydroxylation is 1. The first-order chi connectivity index (χ1) is 8.11. The van der Waals surface area contributed by atoms with Gasteiger partial charge in [0.25, 0.3) is 5.91 Å². The van der Waals surface area contributed by atoms with Crippen LogP contribution < -0.4 is 16.6 Å². The smallest absolute Gasteiger partial charge is 0.252 e. The van der Waals surface area contributed by atoms with Crippen molar-refractivity contribution in [1.82, 2.24) is 10.9 Å². The largest absolute Gasteiger partial charge is 0.322 e. The number of amides is 2. The van der Waals surface area contributed by atoms with Crippen LogP contribution in [-0.2, 0) is 16.0 Å². The van der Waals surface area contributed by atoms with Gasteiger partial charge in [0.05, 0.1) is 6.54 Å². The van der Waals surface area contributed by atoms with E-state index >= 15 is 0 Å². The van der Waals surface area contributed by atoms with Crippen LogP contribution in [0.2, 0.25) is 0 Å². The molecule has 5 nitrogen and oxygen atoms in total. The molecule has 92 valence electrons. The monoisotopic (exact) mass is 239 g/mol. The van der Waals surface area contributed by atoms with Gasteiger partial charge < -0.3 is 5.73 Å². The fourth-order valence-corrected chi connectivity index (χ4v) is 1.16. The highest BCUT2D eigenvalue weighted by Crippen LogP contribution is 2.05. The maximum absolute atomic E-state index is 12.6. The molecule has 0 bridgehead atoms. The van der Waals surface area contributed by atoms with Crippen LogP contribution in [-0.4, -0.2) is 18.4 Å². The molecule has 0 saturated carbocycles. The first-order valence-corrected chi connectivity index (χ1v) is 5.14. The lowest BCUT2D eigenvalue weighted by molar-refractivity contribution is -0.128. The molecule has 0 atom stereocenters. The van der Waals surface area contributed by atoms with Gasteiger partial charge in [-0.05, 0) is 24.1 Å². The molecule has 4 N–H and O–H groups in total. The molecule has 1 rings (SSSR count). The minimum absolute atomic E-state index is 0.182. The van der Waals surface area contributed by atoms with Gasteiger partial charge in [0.1, 0.15) is 5.82 Å². The molecule has 0 fully saturated rings. The van der Waals surface area contributed by atoms with Crippen molar-refractivity contribution in [2.24, 2.45) is 5.73 Å². The molecule has 17 heavy (non-hydrogen) atoms. The molecule has 6 heteroatoms. The van der Waals surface area contributed by atoms with E-state index in [1.807, 2.05) is 0 Å². The number of halogens is 1. The minimum Gasteiger partial charge on any atom is -0.322 e. The summed E-state index contributed by atoms with van der Waals surface area (Å²) >= 11 is 0. The Morgan fingerprint density at radius 1 is 1.12 bits per heavy atom. The van der Waals surface area contributed by atoms with Crippen molar-refractivity contribution < 1.29 is 14.0 Å². The highest BCUT2D eigenvalue weighted by atomic mass is 19.1. The summed E-state index contributed by atoms with van der Waals surface area (Å²) in [5, 5.41) is 0. The van der Waals surface area contributed by atoms with Crippen LogP contribution in [0.1, 0.15) is 12.0 Å². The van der Waals surface area contributed by atoms with E-state index < -0.39 is 5.91 Å². The van der Waals surface area contributed by atoms with Crippen molar-refractivity contribution in [3.63, 3.8) is 0 Å². The Balaban J connectivity index is 2.28. The third-order valence-electron chi connectivity index (χ3n) is 2.08. The van der Waals surface area contributed by atoms with Gasteiger partial charge in [-0.1, -0.05) is 12.1 Å². The van der Waals surface area contributed by atoms with E-state index in [4.69, 9.17) is 5.73 Å². The summed E-state index contributed by atoms with van der Waals surface area (Å²) in [7, 11) is 0. The second kappa shape index (κ2) is 6.59. The number of carbonyl (C=O) groups excluding carboxylic acids is 2. The first kappa shape index (κ1) is 13.1. The number of hydrazine groups is 1. The normalized spacial score (nSPS) is 9.76. The molecule has 0 spiro atoms. The van der Waals surface area contributed by atoms with Crippen LogP contribution in [0.3, 0.4) is 0 Å². The summed E-state index contributed by atoms with van der Waals surface area (Å²) in [5.41, 5.74) is 10.3. The van der Waals surface area contributed by atoms with Gasteiger partial charge in [-0.2, -0.15) is 0 Å². The lowest BCUT2D eigenvalue weighted by Crippen LogP contribution is -2.44. The third kappa shape index (κ3) is 5.07. The van der Waals surface area contributed by atoms with Crippen molar-refractivity contribution in [2.45, 2.75) is 12.8 Å². The van der Waals surface area contributed by atoms with Crippen LogP contribution in [0.5, 0.6) is 0 Å². The summed E-state index contributed by atoms with van der Waals surface area (Å²) in [6.07, 6.45) is 0.682. The lowest BCUT2D eigenvalue weighted by atomic mass is 10.1. The SMILES string of the molecule is NCC(=O)NNC(=O)CCc1ccc(F)cc1. The standard InChI is InChI=1S/C11H14FN3O2/c12-9-4-1-8(2-5-9)3-6-10(16)14-15-11(17)7-13/h1-2,4-5H,3,6-7,13H2,(H,14,16)(H,15,17). The summed E-state index contributed by atoms with van der Waals surface area (Å²) in [4.78, 5) is 22.0. The van der Waals surface area contributed by atoms with E-state index in [1.54, 1.807) is 12.1 Å². The zero-order valence-corrected chi connectivity index (χ0v) is 9.20. The Morgan fingerprint density at radius 2 is 1.71 bits per heavy atom. The number of rotatable bonds is 4. The van der Waals surface area contributed by atoms with E-state index in [2.05, 4.69) is 10.9 Å². The van der Waals surface area contributed by atoms with Crippen LogP contribution in [0.15, 0.2) is 24.3 Å². The summed E-state index contributed by atoms with van der Waals surface area (Å²) in [6.45, 7) is -0.182. The molecule has 1 aromatic carbocycles. The first-order valence-electron chi connectivity index (χ1n) is 5.14. The molecular formula is C11H14FN3O2. The topological polar surface area (TPSA) is 84.2 Å². The molecule has 0 saturated heterocycles. The quantitative estimate of drug-likeness (QED) is 0.640. The number of nitrogens with two attached hydrogens (primary N) is 1. The van der Waals surface area contributed by atoms with Crippen LogP contribution >= 0.6 is 0 Å². The molecule has 2 amide bonds. The zero-order valence-electron chi connectivity index (χ0n) is 9.20. The molecule has 0 radical (unpaired) electrons. The average molecular weight is 239 g/mol. The van der Waals surface area contributed by atoms with E-state index in [-0.39, 0.29) is 24.7 Å². The highest BCUT2D eigenvalue weighted by molar-refractivity contribution is 5.82. The second-order valence-electron chi connectivity index (χ2n) is 3.43. The second-order valence-corrected chi connectivity index (χ2v) is 3.43. The van der Waals surface area contributed by atoms with E-state index in [1.165, 1.54) is 12.1 Å². The van der Waals surface area contributed by atoms with Gasteiger partial charge in [-0.15, -0.1) is 0 Å². The Hall–Kier alpha value is -1.95. The Bertz CT molecular complexity index is 392. The van der Waals surface area contributed by atoms with Crippen molar-refractivity contribution in [3.05, 3.63) is 35.6 Å². The van der Waals surface area contributed by atoms with E-state index in [0.29, 0.717) is 6.42 Å². The fraction of sp³-hybridized carbons (Fsp3) is 0.273. The van der Waals surface area contributed by atoms with E-state index in [0.717, 1.165) is 5.56 Å². The molecule has 0 aliphatic rings. The number of nitrogens with one attached hydrogen (secondary N) is 2. The predicted octanol–water partition coefficient (Wildman–Crippen LogP) is -0.136. The van der Waals surface area contributed by atoms with E-state index in [9.17, 15) is 14.0 Å². The molecule has 0 heterocycles. The van der Waals surface area contributed by atoms with Crippen LogP contribution in [0.4, 0.5) is 4.39 Å². The summed E-state index contributed by atoms with van der Waals surface area (Å²) < 4.78 is 12.6. The Labute approximate surface area is 98.2 Å². The van der Waals surface area contributed by atoms with Gasteiger partial charge in [0.15, 0.2) is 0 Å².